The van der Waals surface area contributed by atoms with Gasteiger partial charge in [0.15, 0.2) is 0 Å². The van der Waals surface area contributed by atoms with Crippen LogP contribution in [-0.4, -0.2) is 42.5 Å². The first-order valence-corrected chi connectivity index (χ1v) is 11.7. The molecule has 7 nitrogen and oxygen atoms in total. The Morgan fingerprint density at radius 2 is 1.72 bits per heavy atom. The average Bonchev–Trinajstić information content (AvgIpc) is 3.14. The first-order chi connectivity index (χ1) is 17.4. The van der Waals surface area contributed by atoms with E-state index in [1.54, 1.807) is 55.6 Å². The van der Waals surface area contributed by atoms with Gasteiger partial charge in [0, 0.05) is 11.6 Å². The summed E-state index contributed by atoms with van der Waals surface area (Å²) in [4.78, 5) is 28.1. The van der Waals surface area contributed by atoms with Gasteiger partial charge in [-0.3, -0.25) is 9.59 Å². The number of benzene rings is 3. The minimum Gasteiger partial charge on any atom is -0.507 e. The lowest BCUT2D eigenvalue weighted by atomic mass is 9.94. The van der Waals surface area contributed by atoms with Crippen molar-refractivity contribution in [3.8, 4) is 17.2 Å². The van der Waals surface area contributed by atoms with Gasteiger partial charge >= 0.3 is 0 Å². The van der Waals surface area contributed by atoms with Crippen LogP contribution in [0.3, 0.4) is 0 Å². The third kappa shape index (κ3) is 4.88. The van der Waals surface area contributed by atoms with Gasteiger partial charge in [-0.2, -0.15) is 0 Å². The summed E-state index contributed by atoms with van der Waals surface area (Å²) in [6, 6.07) is 18.2. The Morgan fingerprint density at radius 3 is 2.39 bits per heavy atom. The fraction of sp³-hybridized carbons (Fsp3) is 0.214. The molecule has 3 aromatic carbocycles. The Kier molecular flexibility index (Phi) is 7.50. The highest BCUT2D eigenvalue weighted by molar-refractivity contribution is 6.46. The number of carbonyl (C=O) groups is 2. The molecule has 1 aliphatic rings. The summed E-state index contributed by atoms with van der Waals surface area (Å²) >= 11 is 6.18. The molecule has 186 valence electrons. The molecule has 1 aliphatic heterocycles. The van der Waals surface area contributed by atoms with E-state index < -0.39 is 17.7 Å². The van der Waals surface area contributed by atoms with Crippen LogP contribution in [-0.2, 0) is 16.1 Å². The number of ketones is 1. The fourth-order valence-electron chi connectivity index (χ4n) is 4.27. The lowest BCUT2D eigenvalue weighted by Crippen LogP contribution is -2.29. The van der Waals surface area contributed by atoms with Gasteiger partial charge in [0.25, 0.3) is 11.7 Å². The summed E-state index contributed by atoms with van der Waals surface area (Å²) in [5, 5.41) is 11.7. The highest BCUT2D eigenvalue weighted by atomic mass is 35.5. The van der Waals surface area contributed by atoms with E-state index in [2.05, 4.69) is 0 Å². The molecule has 3 aromatic rings. The zero-order valence-electron chi connectivity index (χ0n) is 20.2. The van der Waals surface area contributed by atoms with Crippen molar-refractivity contribution >= 4 is 29.1 Å². The fourth-order valence-corrected chi connectivity index (χ4v) is 4.44. The number of rotatable bonds is 8. The number of aliphatic hydroxyl groups is 1. The Balaban J connectivity index is 1.88. The smallest absolute Gasteiger partial charge is 0.295 e. The lowest BCUT2D eigenvalue weighted by Gasteiger charge is -2.26. The lowest BCUT2D eigenvalue weighted by molar-refractivity contribution is -0.140. The Hall–Kier alpha value is -3.97. The predicted octanol–water partition coefficient (Wildman–Crippen LogP) is 5.38. The molecule has 1 saturated heterocycles. The molecule has 36 heavy (non-hydrogen) atoms. The van der Waals surface area contributed by atoms with Crippen LogP contribution in [0.5, 0.6) is 17.2 Å². The number of methoxy groups -OCH3 is 2. The van der Waals surface area contributed by atoms with E-state index in [0.29, 0.717) is 34.4 Å². The molecular weight excluding hydrogens is 482 g/mol. The number of carbonyl (C=O) groups excluding carboxylic acids is 2. The topological polar surface area (TPSA) is 85.3 Å². The number of aliphatic hydroxyl groups excluding tert-OH is 1. The van der Waals surface area contributed by atoms with Gasteiger partial charge in [0.05, 0.1) is 38.0 Å². The Bertz CT molecular complexity index is 1320. The van der Waals surface area contributed by atoms with E-state index in [4.69, 9.17) is 25.8 Å². The summed E-state index contributed by atoms with van der Waals surface area (Å²) in [5.41, 5.74) is 1.58. The Labute approximate surface area is 214 Å². The van der Waals surface area contributed by atoms with Crippen LogP contribution in [0.2, 0.25) is 5.02 Å². The van der Waals surface area contributed by atoms with Crippen LogP contribution in [0.4, 0.5) is 0 Å². The monoisotopic (exact) mass is 507 g/mol. The maximum Gasteiger partial charge on any atom is 0.295 e. The van der Waals surface area contributed by atoms with Crippen molar-refractivity contribution in [3.63, 3.8) is 0 Å². The molecule has 0 saturated carbocycles. The van der Waals surface area contributed by atoms with Crippen LogP contribution in [0.1, 0.15) is 29.7 Å². The van der Waals surface area contributed by atoms with Gasteiger partial charge in [0.2, 0.25) is 0 Å². The van der Waals surface area contributed by atoms with Crippen LogP contribution in [0.15, 0.2) is 72.3 Å². The van der Waals surface area contributed by atoms with Crippen LogP contribution in [0, 0.1) is 0 Å². The SMILES string of the molecule is CCOc1cccc(C2/C(=C(\O)c3cc(Cl)ccc3OC)C(=O)C(=O)N2Cc2ccc(OC)cc2)c1. The third-order valence-corrected chi connectivity index (χ3v) is 6.19. The summed E-state index contributed by atoms with van der Waals surface area (Å²) in [7, 11) is 3.02. The van der Waals surface area contributed by atoms with E-state index >= 15 is 0 Å². The molecular formula is C28H26ClNO6. The second-order valence-electron chi connectivity index (χ2n) is 8.13. The van der Waals surface area contributed by atoms with E-state index in [9.17, 15) is 14.7 Å². The minimum absolute atomic E-state index is 0.0530. The largest absolute Gasteiger partial charge is 0.507 e. The number of hydrogen-bond acceptors (Lipinski definition) is 6. The minimum atomic E-state index is -0.865. The van der Waals surface area contributed by atoms with Gasteiger partial charge in [-0.15, -0.1) is 0 Å². The first kappa shape index (κ1) is 25.1. The van der Waals surface area contributed by atoms with Crippen molar-refractivity contribution in [3.05, 3.63) is 94.0 Å². The zero-order chi connectivity index (χ0) is 25.8. The van der Waals surface area contributed by atoms with Crippen LogP contribution in [0.25, 0.3) is 5.76 Å². The second kappa shape index (κ2) is 10.7. The van der Waals surface area contributed by atoms with Crippen LogP contribution < -0.4 is 14.2 Å². The van der Waals surface area contributed by atoms with Crippen molar-refractivity contribution < 1.29 is 28.9 Å². The molecule has 0 aromatic heterocycles. The second-order valence-corrected chi connectivity index (χ2v) is 8.56. The van der Waals surface area contributed by atoms with Crippen molar-refractivity contribution in [1.82, 2.24) is 4.90 Å². The molecule has 0 spiro atoms. The number of hydrogen-bond donors (Lipinski definition) is 1. The third-order valence-electron chi connectivity index (χ3n) is 5.95. The molecule has 1 amide bonds. The Morgan fingerprint density at radius 1 is 0.972 bits per heavy atom. The van der Waals surface area contributed by atoms with E-state index in [-0.39, 0.29) is 23.4 Å². The average molecular weight is 508 g/mol. The molecule has 8 heteroatoms. The number of Topliss-reactive ketones (excluding diaryl/α,β-unsaturated/α-hetero) is 1. The summed E-state index contributed by atoms with van der Waals surface area (Å²) in [6.07, 6.45) is 0. The quantitative estimate of drug-likeness (QED) is 0.250. The number of amides is 1. The molecule has 1 heterocycles. The molecule has 1 atom stereocenters. The zero-order valence-corrected chi connectivity index (χ0v) is 20.9. The molecule has 1 N–H and O–H groups in total. The normalized spacial score (nSPS) is 16.8. The van der Waals surface area contributed by atoms with Crippen molar-refractivity contribution in [2.75, 3.05) is 20.8 Å². The maximum atomic E-state index is 13.4. The molecule has 1 fully saturated rings. The molecule has 1 unspecified atom stereocenters. The van der Waals surface area contributed by atoms with E-state index in [0.717, 1.165) is 5.56 Å². The summed E-state index contributed by atoms with van der Waals surface area (Å²) in [6.45, 7) is 2.46. The maximum absolute atomic E-state index is 13.4. The van der Waals surface area contributed by atoms with Gasteiger partial charge in [-0.25, -0.2) is 0 Å². The highest BCUT2D eigenvalue weighted by Gasteiger charge is 2.46. The van der Waals surface area contributed by atoms with Crippen molar-refractivity contribution in [2.45, 2.75) is 19.5 Å². The van der Waals surface area contributed by atoms with Gasteiger partial charge in [-0.05, 0) is 60.5 Å². The summed E-state index contributed by atoms with van der Waals surface area (Å²) < 4.78 is 16.3. The predicted molar refractivity (Wildman–Crippen MR) is 136 cm³/mol. The number of nitrogens with zero attached hydrogens (tertiary/aromatic N) is 1. The van der Waals surface area contributed by atoms with Crippen molar-refractivity contribution in [2.24, 2.45) is 0 Å². The molecule has 0 aliphatic carbocycles. The van der Waals surface area contributed by atoms with Crippen molar-refractivity contribution in [1.29, 1.82) is 0 Å². The van der Waals surface area contributed by atoms with Gasteiger partial charge < -0.3 is 24.2 Å². The highest BCUT2D eigenvalue weighted by Crippen LogP contribution is 2.42. The van der Waals surface area contributed by atoms with E-state index in [1.807, 2.05) is 19.1 Å². The first-order valence-electron chi connectivity index (χ1n) is 11.4. The van der Waals surface area contributed by atoms with Gasteiger partial charge in [-0.1, -0.05) is 35.9 Å². The number of halogens is 1. The number of ether oxygens (including phenoxy) is 3. The molecule has 0 bridgehead atoms. The molecule has 4 rings (SSSR count). The van der Waals surface area contributed by atoms with E-state index in [1.165, 1.54) is 18.1 Å². The van der Waals surface area contributed by atoms with Gasteiger partial charge in [0.1, 0.15) is 23.0 Å². The number of likely N-dealkylation sites (tertiary alicyclic amines) is 1. The van der Waals surface area contributed by atoms with Crippen LogP contribution >= 0.6 is 11.6 Å². The summed E-state index contributed by atoms with van der Waals surface area (Å²) in [5.74, 6) is -0.299. The standard InChI is InChI=1S/C28H26ClNO6/c1-4-36-21-7-5-6-18(14-21)25-24(26(31)22-15-19(29)10-13-23(22)35-3)27(32)28(33)30(25)16-17-8-11-20(34-2)12-9-17/h5-15,25,31H,4,16H2,1-3H3/b26-24+. The molecule has 0 radical (unpaired) electrons.